The van der Waals surface area contributed by atoms with E-state index in [0.717, 1.165) is 0 Å². The van der Waals surface area contributed by atoms with Gasteiger partial charge in [-0.1, -0.05) is 35.9 Å². The van der Waals surface area contributed by atoms with Crippen LogP contribution in [-0.2, 0) is 11.8 Å². The molecular weight excluding hydrogens is 298 g/mol. The molecule has 0 heterocycles. The van der Waals surface area contributed by atoms with E-state index in [0.29, 0.717) is 11.1 Å². The molecule has 0 spiro atoms. The van der Waals surface area contributed by atoms with Gasteiger partial charge in [-0.2, -0.15) is 0 Å². The number of rotatable bonds is 5. The first-order chi connectivity index (χ1) is 10.0. The molecule has 21 heavy (non-hydrogen) atoms. The maximum absolute atomic E-state index is 13.5. The monoisotopic (exact) mass is 312 g/mol. The lowest BCUT2D eigenvalue weighted by atomic mass is 9.77. The quantitative estimate of drug-likeness (QED) is 0.891. The van der Waals surface area contributed by atoms with Crippen LogP contribution in [0.2, 0.25) is 5.02 Å². The number of hydrogen-bond donors (Lipinski definition) is 2. The van der Waals surface area contributed by atoms with E-state index in [4.69, 9.17) is 11.6 Å². The summed E-state index contributed by atoms with van der Waals surface area (Å²) in [6.45, 7) is -0.746. The minimum absolute atomic E-state index is 0.0362. The molecule has 0 aliphatic carbocycles. The van der Waals surface area contributed by atoms with Gasteiger partial charge in [-0.3, -0.25) is 0 Å². The molecule has 5 heteroatoms. The van der Waals surface area contributed by atoms with Crippen LogP contribution in [0.5, 0.6) is 0 Å². The van der Waals surface area contributed by atoms with E-state index in [1.807, 2.05) is 0 Å². The lowest BCUT2D eigenvalue weighted by Crippen LogP contribution is -2.37. The van der Waals surface area contributed by atoms with E-state index < -0.39 is 17.0 Å². The first-order valence-corrected chi connectivity index (χ1v) is 6.81. The Morgan fingerprint density at radius 3 is 2.14 bits per heavy atom. The molecule has 0 fully saturated rings. The minimum Gasteiger partial charge on any atom is -0.395 e. The Bertz CT molecular complexity index is 610. The summed E-state index contributed by atoms with van der Waals surface area (Å²) in [5.41, 5.74) is -0.0104. The number of aliphatic hydroxyl groups excluding tert-OH is 2. The van der Waals surface area contributed by atoms with Crippen molar-refractivity contribution < 1.29 is 19.0 Å². The molecule has 2 rings (SSSR count). The molecule has 2 aromatic carbocycles. The van der Waals surface area contributed by atoms with Gasteiger partial charge in [0.15, 0.2) is 0 Å². The predicted octanol–water partition coefficient (Wildman–Crippen LogP) is 3.08. The molecule has 112 valence electrons. The average molecular weight is 313 g/mol. The second-order valence-corrected chi connectivity index (χ2v) is 5.37. The average Bonchev–Trinajstić information content (AvgIpc) is 2.50. The summed E-state index contributed by atoms with van der Waals surface area (Å²) in [4.78, 5) is 0. The molecule has 2 aromatic rings. The Kier molecular flexibility index (Phi) is 4.93. The molecule has 0 aliphatic heterocycles. The molecule has 0 amide bonds. The van der Waals surface area contributed by atoms with Crippen LogP contribution in [0.3, 0.4) is 0 Å². The van der Waals surface area contributed by atoms with Crippen LogP contribution in [0.25, 0.3) is 0 Å². The van der Waals surface area contributed by atoms with Crippen molar-refractivity contribution in [2.75, 3.05) is 13.2 Å². The Hall–Kier alpha value is -1.49. The number of aliphatic hydroxyl groups is 2. The number of hydrogen-bond acceptors (Lipinski definition) is 2. The van der Waals surface area contributed by atoms with Crippen molar-refractivity contribution in [3.05, 3.63) is 70.2 Å². The Labute approximate surface area is 126 Å². The standard InChI is InChI=1S/C16H15ClF2O2/c17-15-11(2-1-3-14(15)19)8-16(9-20,10-21)12-4-6-13(18)7-5-12/h1-7,20-21H,8-10H2. The van der Waals surface area contributed by atoms with E-state index >= 15 is 0 Å². The third-order valence-corrected chi connectivity index (χ3v) is 4.05. The molecule has 0 bridgehead atoms. The summed E-state index contributed by atoms with van der Waals surface area (Å²) in [5.74, 6) is -0.967. The maximum Gasteiger partial charge on any atom is 0.142 e. The van der Waals surface area contributed by atoms with Crippen LogP contribution in [0.1, 0.15) is 11.1 Å². The van der Waals surface area contributed by atoms with Crippen molar-refractivity contribution in [2.24, 2.45) is 0 Å². The second kappa shape index (κ2) is 6.52. The highest BCUT2D eigenvalue weighted by molar-refractivity contribution is 6.31. The first-order valence-electron chi connectivity index (χ1n) is 6.43. The maximum atomic E-state index is 13.5. The van der Waals surface area contributed by atoms with Crippen LogP contribution in [0.15, 0.2) is 42.5 Å². The van der Waals surface area contributed by atoms with Gasteiger partial charge in [0.05, 0.1) is 18.2 Å². The van der Waals surface area contributed by atoms with Crippen LogP contribution in [0, 0.1) is 11.6 Å². The van der Waals surface area contributed by atoms with E-state index in [1.165, 1.54) is 36.4 Å². The van der Waals surface area contributed by atoms with Gasteiger partial charge in [0.2, 0.25) is 0 Å². The zero-order valence-electron chi connectivity index (χ0n) is 11.2. The summed E-state index contributed by atoms with van der Waals surface area (Å²) < 4.78 is 26.5. The zero-order valence-corrected chi connectivity index (χ0v) is 11.9. The van der Waals surface area contributed by atoms with Crippen LogP contribution < -0.4 is 0 Å². The molecular formula is C16H15ClF2O2. The zero-order chi connectivity index (χ0) is 15.5. The van der Waals surface area contributed by atoms with Crippen molar-refractivity contribution >= 4 is 11.6 Å². The fourth-order valence-electron chi connectivity index (χ4n) is 2.30. The highest BCUT2D eigenvalue weighted by Crippen LogP contribution is 2.31. The summed E-state index contributed by atoms with van der Waals surface area (Å²) >= 11 is 5.93. The molecule has 0 aromatic heterocycles. The summed E-state index contributed by atoms with van der Waals surface area (Å²) in [6, 6.07) is 9.88. The Morgan fingerprint density at radius 2 is 1.57 bits per heavy atom. The predicted molar refractivity (Wildman–Crippen MR) is 77.4 cm³/mol. The first kappa shape index (κ1) is 15.9. The normalized spacial score (nSPS) is 11.7. The SMILES string of the molecule is OCC(CO)(Cc1cccc(F)c1Cl)c1ccc(F)cc1. The van der Waals surface area contributed by atoms with Crippen molar-refractivity contribution in [1.82, 2.24) is 0 Å². The van der Waals surface area contributed by atoms with Crippen molar-refractivity contribution in [2.45, 2.75) is 11.8 Å². The molecule has 2 N–H and O–H groups in total. The molecule has 0 atom stereocenters. The molecule has 0 radical (unpaired) electrons. The molecule has 0 saturated carbocycles. The lowest BCUT2D eigenvalue weighted by molar-refractivity contribution is 0.116. The highest BCUT2D eigenvalue weighted by Gasteiger charge is 2.32. The fraction of sp³-hybridized carbons (Fsp3) is 0.250. The van der Waals surface area contributed by atoms with Gasteiger partial charge in [-0.15, -0.1) is 0 Å². The van der Waals surface area contributed by atoms with Crippen molar-refractivity contribution in [3.8, 4) is 0 Å². The molecule has 0 aliphatic rings. The fourth-order valence-corrected chi connectivity index (χ4v) is 2.49. The van der Waals surface area contributed by atoms with Gasteiger partial charge in [-0.05, 0) is 35.7 Å². The smallest absolute Gasteiger partial charge is 0.142 e. The topological polar surface area (TPSA) is 40.5 Å². The van der Waals surface area contributed by atoms with Crippen molar-refractivity contribution in [1.29, 1.82) is 0 Å². The summed E-state index contributed by atoms with van der Waals surface area (Å²) in [7, 11) is 0. The van der Waals surface area contributed by atoms with E-state index in [2.05, 4.69) is 0 Å². The van der Waals surface area contributed by atoms with Crippen LogP contribution in [-0.4, -0.2) is 23.4 Å². The van der Waals surface area contributed by atoms with E-state index in [9.17, 15) is 19.0 Å². The molecule has 0 unspecified atom stereocenters. The van der Waals surface area contributed by atoms with Gasteiger partial charge >= 0.3 is 0 Å². The van der Waals surface area contributed by atoms with Crippen LogP contribution in [0.4, 0.5) is 8.78 Å². The van der Waals surface area contributed by atoms with Gasteiger partial charge in [0.1, 0.15) is 11.6 Å². The molecule has 2 nitrogen and oxygen atoms in total. The highest BCUT2D eigenvalue weighted by atomic mass is 35.5. The number of benzene rings is 2. The van der Waals surface area contributed by atoms with E-state index in [-0.39, 0.29) is 24.7 Å². The largest absolute Gasteiger partial charge is 0.395 e. The van der Waals surface area contributed by atoms with Gasteiger partial charge < -0.3 is 10.2 Å². The van der Waals surface area contributed by atoms with Gasteiger partial charge in [0.25, 0.3) is 0 Å². The van der Waals surface area contributed by atoms with Crippen LogP contribution >= 0.6 is 11.6 Å². The van der Waals surface area contributed by atoms with Gasteiger partial charge in [-0.25, -0.2) is 8.78 Å². The van der Waals surface area contributed by atoms with Gasteiger partial charge in [0, 0.05) is 5.41 Å². The minimum atomic E-state index is -1.05. The third kappa shape index (κ3) is 3.23. The van der Waals surface area contributed by atoms with Crippen molar-refractivity contribution in [3.63, 3.8) is 0 Å². The third-order valence-electron chi connectivity index (χ3n) is 3.62. The Balaban J connectivity index is 2.43. The summed E-state index contributed by atoms with van der Waals surface area (Å²) in [6.07, 6.45) is 0.141. The molecule has 0 saturated heterocycles. The lowest BCUT2D eigenvalue weighted by Gasteiger charge is -2.31. The second-order valence-electron chi connectivity index (χ2n) is 4.99. The number of halogens is 3. The summed E-state index contributed by atoms with van der Waals surface area (Å²) in [5, 5.41) is 19.4. The van der Waals surface area contributed by atoms with E-state index in [1.54, 1.807) is 6.07 Å². The Morgan fingerprint density at radius 1 is 0.952 bits per heavy atom.